The van der Waals surface area contributed by atoms with Gasteiger partial charge in [-0.2, -0.15) is 17.4 Å². The quantitative estimate of drug-likeness (QED) is 0.820. The maximum absolute atomic E-state index is 11.6. The van der Waals surface area contributed by atoms with Crippen molar-refractivity contribution >= 4 is 10.2 Å². The molecule has 0 spiro atoms. The molecule has 2 rings (SSSR count). The van der Waals surface area contributed by atoms with E-state index in [1.54, 1.807) is 12.4 Å². The van der Waals surface area contributed by atoms with Crippen LogP contribution >= 0.6 is 0 Å². The predicted octanol–water partition coefficient (Wildman–Crippen LogP) is 0.163. The first-order valence-corrected chi connectivity index (χ1v) is 6.68. The number of hydrogen-bond donors (Lipinski definition) is 1. The summed E-state index contributed by atoms with van der Waals surface area (Å²) in [5, 5.41) is 0. The lowest BCUT2D eigenvalue weighted by atomic mass is 10.2. The summed E-state index contributed by atoms with van der Waals surface area (Å²) in [6.07, 6.45) is 4.15. The van der Waals surface area contributed by atoms with Gasteiger partial charge in [0.05, 0.1) is 0 Å². The van der Waals surface area contributed by atoms with Crippen LogP contribution in [0.5, 0.6) is 0 Å². The first kappa shape index (κ1) is 11.5. The third kappa shape index (κ3) is 2.58. The second kappa shape index (κ2) is 4.48. The molecule has 88 valence electrons. The van der Waals surface area contributed by atoms with Crippen molar-refractivity contribution in [2.24, 2.45) is 0 Å². The molecule has 1 saturated heterocycles. The molecule has 0 aromatic carbocycles. The van der Waals surface area contributed by atoms with E-state index < -0.39 is 10.2 Å². The molecular formula is C10H15N3O2S. The fraction of sp³-hybridized carbons (Fsp3) is 0.500. The second-order valence-corrected chi connectivity index (χ2v) is 5.69. The molecule has 1 aromatic rings. The summed E-state index contributed by atoms with van der Waals surface area (Å²) in [4.78, 5) is 3.92. The highest BCUT2D eigenvalue weighted by molar-refractivity contribution is 7.87. The second-order valence-electron chi connectivity index (χ2n) is 3.99. The predicted molar refractivity (Wildman–Crippen MR) is 61.0 cm³/mol. The lowest BCUT2D eigenvalue weighted by Crippen LogP contribution is -2.31. The Morgan fingerprint density at radius 3 is 2.75 bits per heavy atom. The molecular weight excluding hydrogens is 226 g/mol. The molecule has 1 fully saturated rings. The topological polar surface area (TPSA) is 62.3 Å². The fourth-order valence-electron chi connectivity index (χ4n) is 1.78. The maximum atomic E-state index is 11.6. The van der Waals surface area contributed by atoms with E-state index in [0.29, 0.717) is 13.1 Å². The van der Waals surface area contributed by atoms with Crippen LogP contribution in [0.2, 0.25) is 0 Å². The van der Waals surface area contributed by atoms with Gasteiger partial charge in [-0.1, -0.05) is 0 Å². The molecule has 2 heterocycles. The van der Waals surface area contributed by atoms with Crippen molar-refractivity contribution in [3.05, 3.63) is 30.1 Å². The molecule has 5 nitrogen and oxygen atoms in total. The van der Waals surface area contributed by atoms with E-state index in [1.165, 1.54) is 4.31 Å². The van der Waals surface area contributed by atoms with Crippen LogP contribution < -0.4 is 4.72 Å². The normalized spacial score (nSPS) is 24.7. The van der Waals surface area contributed by atoms with Gasteiger partial charge in [0.25, 0.3) is 10.2 Å². The molecule has 16 heavy (non-hydrogen) atoms. The van der Waals surface area contributed by atoms with Gasteiger partial charge in [0.15, 0.2) is 0 Å². The van der Waals surface area contributed by atoms with Gasteiger partial charge < -0.3 is 0 Å². The molecule has 1 N–H and O–H groups in total. The molecule has 0 aliphatic carbocycles. The molecule has 0 saturated carbocycles. The van der Waals surface area contributed by atoms with E-state index in [0.717, 1.165) is 12.0 Å². The van der Waals surface area contributed by atoms with E-state index in [9.17, 15) is 8.42 Å². The van der Waals surface area contributed by atoms with Crippen LogP contribution in [0, 0.1) is 0 Å². The summed E-state index contributed by atoms with van der Waals surface area (Å²) in [5.41, 5.74) is 1.10. The summed E-state index contributed by atoms with van der Waals surface area (Å²) >= 11 is 0. The van der Waals surface area contributed by atoms with Crippen LogP contribution in [-0.2, 0) is 16.6 Å². The van der Waals surface area contributed by atoms with Gasteiger partial charge >= 0.3 is 0 Å². The van der Waals surface area contributed by atoms with E-state index in [-0.39, 0.29) is 6.04 Å². The number of nitrogens with zero attached hydrogens (tertiary/aromatic N) is 2. The highest BCUT2D eigenvalue weighted by Gasteiger charge is 2.31. The lowest BCUT2D eigenvalue weighted by molar-refractivity contribution is 0.436. The minimum atomic E-state index is -3.24. The van der Waals surface area contributed by atoms with E-state index in [1.807, 2.05) is 19.1 Å². The average molecular weight is 241 g/mol. The van der Waals surface area contributed by atoms with Gasteiger partial charge in [0.2, 0.25) is 0 Å². The molecule has 1 unspecified atom stereocenters. The first-order valence-electron chi connectivity index (χ1n) is 5.24. The molecule has 1 atom stereocenters. The smallest absolute Gasteiger partial charge is 0.265 e. The zero-order valence-corrected chi connectivity index (χ0v) is 9.94. The molecule has 1 aliphatic heterocycles. The van der Waals surface area contributed by atoms with Gasteiger partial charge in [0, 0.05) is 31.5 Å². The zero-order valence-electron chi connectivity index (χ0n) is 9.13. The van der Waals surface area contributed by atoms with E-state index in [2.05, 4.69) is 9.71 Å². The molecule has 0 amide bonds. The van der Waals surface area contributed by atoms with Gasteiger partial charge in [-0.05, 0) is 31.0 Å². The third-order valence-corrected chi connectivity index (χ3v) is 4.28. The lowest BCUT2D eigenvalue weighted by Gasteiger charge is -2.12. The summed E-state index contributed by atoms with van der Waals surface area (Å²) in [6.45, 7) is 2.93. The number of pyridine rings is 1. The van der Waals surface area contributed by atoms with Crippen LogP contribution in [0.25, 0.3) is 0 Å². The summed E-state index contributed by atoms with van der Waals surface area (Å²) < 4.78 is 27.2. The van der Waals surface area contributed by atoms with Crippen molar-refractivity contribution in [3.8, 4) is 0 Å². The number of rotatable bonds is 3. The third-order valence-electron chi connectivity index (χ3n) is 2.57. The molecule has 6 heteroatoms. The SMILES string of the molecule is CC1CN(CCc2ccncc2)S(=O)(=O)N1. The Morgan fingerprint density at radius 2 is 2.19 bits per heavy atom. The van der Waals surface area contributed by atoms with Crippen LogP contribution in [0.4, 0.5) is 0 Å². The Morgan fingerprint density at radius 1 is 1.50 bits per heavy atom. The first-order chi connectivity index (χ1) is 7.58. The van der Waals surface area contributed by atoms with E-state index >= 15 is 0 Å². The van der Waals surface area contributed by atoms with Crippen molar-refractivity contribution in [2.75, 3.05) is 13.1 Å². The van der Waals surface area contributed by atoms with Gasteiger partial charge in [-0.15, -0.1) is 0 Å². The molecule has 1 aliphatic rings. The van der Waals surface area contributed by atoms with Gasteiger partial charge in [-0.25, -0.2) is 0 Å². The summed E-state index contributed by atoms with van der Waals surface area (Å²) in [5.74, 6) is 0. The van der Waals surface area contributed by atoms with Crippen molar-refractivity contribution < 1.29 is 8.42 Å². The number of hydrogen-bond acceptors (Lipinski definition) is 3. The standard InChI is InChI=1S/C10H15N3O2S/c1-9-8-13(16(14,15)12-9)7-4-10-2-5-11-6-3-10/h2-3,5-6,9,12H,4,7-8H2,1H3. The van der Waals surface area contributed by atoms with E-state index in [4.69, 9.17) is 0 Å². The highest BCUT2D eigenvalue weighted by atomic mass is 32.2. The fourth-order valence-corrected chi connectivity index (χ4v) is 3.27. The van der Waals surface area contributed by atoms with Crippen molar-refractivity contribution in [1.29, 1.82) is 0 Å². The molecule has 1 aromatic heterocycles. The number of nitrogens with one attached hydrogen (secondary N) is 1. The molecule has 0 radical (unpaired) electrons. The monoisotopic (exact) mass is 241 g/mol. The highest BCUT2D eigenvalue weighted by Crippen LogP contribution is 2.11. The minimum absolute atomic E-state index is 0.00226. The maximum Gasteiger partial charge on any atom is 0.279 e. The van der Waals surface area contributed by atoms with Crippen LogP contribution in [0.1, 0.15) is 12.5 Å². The van der Waals surface area contributed by atoms with Gasteiger partial charge in [-0.3, -0.25) is 4.98 Å². The van der Waals surface area contributed by atoms with Crippen LogP contribution in [0.3, 0.4) is 0 Å². The summed E-state index contributed by atoms with van der Waals surface area (Å²) in [7, 11) is -3.24. The summed E-state index contributed by atoms with van der Waals surface area (Å²) in [6, 6.07) is 3.81. The van der Waals surface area contributed by atoms with Gasteiger partial charge in [0.1, 0.15) is 0 Å². The van der Waals surface area contributed by atoms with Crippen LogP contribution in [0.15, 0.2) is 24.5 Å². The largest absolute Gasteiger partial charge is 0.279 e. The zero-order chi connectivity index (χ0) is 11.6. The Hall–Kier alpha value is -0.980. The minimum Gasteiger partial charge on any atom is -0.265 e. The van der Waals surface area contributed by atoms with Crippen molar-refractivity contribution in [3.63, 3.8) is 0 Å². The van der Waals surface area contributed by atoms with Crippen molar-refractivity contribution in [2.45, 2.75) is 19.4 Å². The Labute approximate surface area is 95.7 Å². The average Bonchev–Trinajstić information content (AvgIpc) is 2.50. The Kier molecular flexibility index (Phi) is 3.22. The Balaban J connectivity index is 1.97. The van der Waals surface area contributed by atoms with Crippen molar-refractivity contribution in [1.82, 2.24) is 14.0 Å². The Bertz CT molecular complexity index is 446. The van der Waals surface area contributed by atoms with Crippen LogP contribution in [-0.4, -0.2) is 36.8 Å². The number of aromatic nitrogens is 1. The molecule has 0 bridgehead atoms.